The molecular formula is C15H21N3. The molecule has 3 heteroatoms. The summed E-state index contributed by atoms with van der Waals surface area (Å²) < 4.78 is 1.89. The first-order valence-corrected chi connectivity index (χ1v) is 6.27. The highest BCUT2D eigenvalue weighted by Crippen LogP contribution is 2.32. The Labute approximate surface area is 109 Å². The van der Waals surface area contributed by atoms with Crippen LogP contribution in [0.15, 0.2) is 12.1 Å². The van der Waals surface area contributed by atoms with Crippen LogP contribution in [-0.2, 0) is 13.6 Å². The van der Waals surface area contributed by atoms with E-state index in [4.69, 9.17) is 5.73 Å². The second-order valence-corrected chi connectivity index (χ2v) is 4.91. The molecule has 0 atom stereocenters. The van der Waals surface area contributed by atoms with Gasteiger partial charge in [-0.15, -0.1) is 0 Å². The van der Waals surface area contributed by atoms with Gasteiger partial charge in [0.2, 0.25) is 0 Å². The van der Waals surface area contributed by atoms with Crippen molar-refractivity contribution in [2.45, 2.75) is 34.2 Å². The van der Waals surface area contributed by atoms with E-state index in [1.165, 1.54) is 27.8 Å². The number of nitrogens with two attached hydrogens (primary N) is 1. The second-order valence-electron chi connectivity index (χ2n) is 4.91. The van der Waals surface area contributed by atoms with E-state index in [9.17, 15) is 0 Å². The van der Waals surface area contributed by atoms with E-state index in [2.05, 4.69) is 38.0 Å². The minimum Gasteiger partial charge on any atom is -0.325 e. The first-order chi connectivity index (χ1) is 8.47. The minimum absolute atomic E-state index is 0.513. The molecule has 2 aromatic rings. The SMILES string of the molecule is Cc1ccc(-c2c(C)nn(C)c2CN)c(C)c1C. The highest BCUT2D eigenvalue weighted by Gasteiger charge is 2.16. The van der Waals surface area contributed by atoms with Crippen LogP contribution < -0.4 is 5.73 Å². The third kappa shape index (κ3) is 1.85. The van der Waals surface area contributed by atoms with Crippen LogP contribution in [0.3, 0.4) is 0 Å². The molecule has 96 valence electrons. The van der Waals surface area contributed by atoms with Gasteiger partial charge in [0.1, 0.15) is 0 Å². The van der Waals surface area contributed by atoms with Crippen molar-refractivity contribution in [3.63, 3.8) is 0 Å². The molecule has 0 aliphatic carbocycles. The second kappa shape index (κ2) is 4.58. The lowest BCUT2D eigenvalue weighted by Gasteiger charge is -2.12. The summed E-state index contributed by atoms with van der Waals surface area (Å²) in [6.45, 7) is 9.04. The minimum atomic E-state index is 0.513. The number of nitrogens with zero attached hydrogens (tertiary/aromatic N) is 2. The molecule has 3 nitrogen and oxygen atoms in total. The van der Waals surface area contributed by atoms with Gasteiger partial charge in [0, 0.05) is 19.2 Å². The molecule has 0 bridgehead atoms. The fourth-order valence-corrected chi connectivity index (χ4v) is 2.52. The molecule has 0 amide bonds. The number of aromatic nitrogens is 2. The number of rotatable bonds is 2. The van der Waals surface area contributed by atoms with Crippen LogP contribution >= 0.6 is 0 Å². The third-order valence-corrected chi connectivity index (χ3v) is 3.86. The fourth-order valence-electron chi connectivity index (χ4n) is 2.52. The Bertz CT molecular complexity index is 594. The summed E-state index contributed by atoms with van der Waals surface area (Å²) in [7, 11) is 1.95. The highest BCUT2D eigenvalue weighted by molar-refractivity contribution is 5.73. The van der Waals surface area contributed by atoms with Crippen LogP contribution in [0.1, 0.15) is 28.1 Å². The maximum atomic E-state index is 5.86. The quantitative estimate of drug-likeness (QED) is 0.881. The van der Waals surface area contributed by atoms with Gasteiger partial charge >= 0.3 is 0 Å². The molecule has 2 N–H and O–H groups in total. The van der Waals surface area contributed by atoms with Gasteiger partial charge < -0.3 is 5.73 Å². The van der Waals surface area contributed by atoms with Gasteiger partial charge in [0.25, 0.3) is 0 Å². The summed E-state index contributed by atoms with van der Waals surface area (Å²) in [5, 5.41) is 4.49. The van der Waals surface area contributed by atoms with E-state index in [1.807, 2.05) is 18.7 Å². The average molecular weight is 243 g/mol. The molecule has 0 aliphatic rings. The van der Waals surface area contributed by atoms with Gasteiger partial charge in [0.15, 0.2) is 0 Å². The van der Waals surface area contributed by atoms with Gasteiger partial charge in [-0.25, -0.2) is 0 Å². The molecule has 0 spiro atoms. The normalized spacial score (nSPS) is 11.0. The zero-order chi connectivity index (χ0) is 13.4. The molecule has 1 aromatic carbocycles. The first-order valence-electron chi connectivity index (χ1n) is 6.27. The molecule has 1 aromatic heterocycles. The van der Waals surface area contributed by atoms with Crippen molar-refractivity contribution in [3.05, 3.63) is 40.2 Å². The number of aryl methyl sites for hydroxylation is 3. The Kier molecular flexibility index (Phi) is 3.26. The van der Waals surface area contributed by atoms with Crippen molar-refractivity contribution in [1.29, 1.82) is 0 Å². The van der Waals surface area contributed by atoms with Crippen LogP contribution in [0.4, 0.5) is 0 Å². The topological polar surface area (TPSA) is 43.8 Å². The molecule has 0 radical (unpaired) electrons. The number of hydrogen-bond donors (Lipinski definition) is 1. The number of benzene rings is 1. The van der Waals surface area contributed by atoms with Crippen molar-refractivity contribution in [2.75, 3.05) is 0 Å². The molecule has 0 unspecified atom stereocenters. The predicted molar refractivity (Wildman–Crippen MR) is 75.5 cm³/mol. The third-order valence-electron chi connectivity index (χ3n) is 3.86. The van der Waals surface area contributed by atoms with Crippen molar-refractivity contribution in [3.8, 4) is 11.1 Å². The summed E-state index contributed by atoms with van der Waals surface area (Å²) in [6.07, 6.45) is 0. The molecule has 18 heavy (non-hydrogen) atoms. The zero-order valence-corrected chi connectivity index (χ0v) is 11.8. The van der Waals surface area contributed by atoms with E-state index in [0.717, 1.165) is 11.4 Å². The first kappa shape index (κ1) is 12.8. The maximum absolute atomic E-state index is 5.86. The molecular weight excluding hydrogens is 222 g/mol. The summed E-state index contributed by atoms with van der Waals surface area (Å²) in [6, 6.07) is 4.35. The van der Waals surface area contributed by atoms with E-state index in [1.54, 1.807) is 0 Å². The van der Waals surface area contributed by atoms with E-state index in [-0.39, 0.29) is 0 Å². The molecule has 0 aliphatic heterocycles. The molecule has 2 rings (SSSR count). The van der Waals surface area contributed by atoms with Crippen molar-refractivity contribution < 1.29 is 0 Å². The van der Waals surface area contributed by atoms with Gasteiger partial charge in [-0.05, 0) is 49.9 Å². The molecule has 0 fully saturated rings. The van der Waals surface area contributed by atoms with E-state index >= 15 is 0 Å². The van der Waals surface area contributed by atoms with E-state index < -0.39 is 0 Å². The summed E-state index contributed by atoms with van der Waals surface area (Å²) in [4.78, 5) is 0. The predicted octanol–water partition coefficient (Wildman–Crippen LogP) is 2.78. The fraction of sp³-hybridized carbons (Fsp3) is 0.400. The van der Waals surface area contributed by atoms with Gasteiger partial charge in [-0.2, -0.15) is 5.10 Å². The maximum Gasteiger partial charge on any atom is 0.0675 e. The van der Waals surface area contributed by atoms with Crippen LogP contribution in [-0.4, -0.2) is 9.78 Å². The van der Waals surface area contributed by atoms with Crippen LogP contribution in [0.5, 0.6) is 0 Å². The summed E-state index contributed by atoms with van der Waals surface area (Å²) >= 11 is 0. The Morgan fingerprint density at radius 1 is 1.11 bits per heavy atom. The van der Waals surface area contributed by atoms with Crippen LogP contribution in [0, 0.1) is 27.7 Å². The summed E-state index contributed by atoms with van der Waals surface area (Å²) in [5.74, 6) is 0. The standard InChI is InChI=1S/C15H21N3/c1-9-6-7-13(11(3)10(9)2)15-12(4)17-18(5)14(15)8-16/h6-7H,8,16H2,1-5H3. The Morgan fingerprint density at radius 3 is 2.39 bits per heavy atom. The van der Waals surface area contributed by atoms with Crippen molar-refractivity contribution in [2.24, 2.45) is 12.8 Å². The van der Waals surface area contributed by atoms with E-state index in [0.29, 0.717) is 6.54 Å². The highest BCUT2D eigenvalue weighted by atomic mass is 15.3. The van der Waals surface area contributed by atoms with Gasteiger partial charge in [0.05, 0.1) is 11.4 Å². The van der Waals surface area contributed by atoms with Crippen molar-refractivity contribution >= 4 is 0 Å². The Morgan fingerprint density at radius 2 is 1.78 bits per heavy atom. The lowest BCUT2D eigenvalue weighted by molar-refractivity contribution is 0.706. The van der Waals surface area contributed by atoms with Gasteiger partial charge in [-0.3, -0.25) is 4.68 Å². The largest absolute Gasteiger partial charge is 0.325 e. The molecule has 0 saturated heterocycles. The smallest absolute Gasteiger partial charge is 0.0675 e. The Hall–Kier alpha value is -1.61. The monoisotopic (exact) mass is 243 g/mol. The Balaban J connectivity index is 2.73. The summed E-state index contributed by atoms with van der Waals surface area (Å²) in [5.41, 5.74) is 14.4. The zero-order valence-electron chi connectivity index (χ0n) is 11.8. The number of hydrogen-bond acceptors (Lipinski definition) is 2. The molecule has 0 saturated carbocycles. The van der Waals surface area contributed by atoms with Crippen LogP contribution in [0.25, 0.3) is 11.1 Å². The lowest BCUT2D eigenvalue weighted by Crippen LogP contribution is -2.06. The molecule has 1 heterocycles. The average Bonchev–Trinajstić information content (AvgIpc) is 2.61. The van der Waals surface area contributed by atoms with Gasteiger partial charge in [-0.1, -0.05) is 12.1 Å². The van der Waals surface area contributed by atoms with Crippen LogP contribution in [0.2, 0.25) is 0 Å². The van der Waals surface area contributed by atoms with Crippen molar-refractivity contribution in [1.82, 2.24) is 9.78 Å². The lowest BCUT2D eigenvalue weighted by atomic mass is 9.93.